The van der Waals surface area contributed by atoms with Gasteiger partial charge in [-0.3, -0.25) is 4.79 Å². The van der Waals surface area contributed by atoms with E-state index < -0.39 is 6.04 Å². The number of hydrogen-bond donors (Lipinski definition) is 2. The number of nitrogens with one attached hydrogen (secondary N) is 2. The van der Waals surface area contributed by atoms with Crippen LogP contribution in [0.3, 0.4) is 0 Å². The zero-order valence-electron chi connectivity index (χ0n) is 16.3. The summed E-state index contributed by atoms with van der Waals surface area (Å²) in [4.78, 5) is 16.7. The molecule has 2 N–H and O–H groups in total. The predicted molar refractivity (Wildman–Crippen MR) is 120 cm³/mol. The Morgan fingerprint density at radius 2 is 1.79 bits per heavy atom. The Labute approximate surface area is 175 Å². The van der Waals surface area contributed by atoms with Crippen LogP contribution in [-0.2, 0) is 6.42 Å². The Kier molecular flexibility index (Phi) is 5.79. The van der Waals surface area contributed by atoms with Gasteiger partial charge in [0.05, 0.1) is 6.04 Å². The first-order valence-corrected chi connectivity index (χ1v) is 10.1. The van der Waals surface area contributed by atoms with Crippen molar-refractivity contribution in [3.63, 3.8) is 0 Å². The van der Waals surface area contributed by atoms with E-state index >= 15 is 0 Å². The number of H-pyrrole nitrogens is 1. The van der Waals surface area contributed by atoms with Crippen molar-refractivity contribution in [3.8, 4) is 0 Å². The van der Waals surface area contributed by atoms with Crippen LogP contribution in [0.5, 0.6) is 0 Å². The smallest absolute Gasteiger partial charge is 0.186 e. The third kappa shape index (κ3) is 4.42. The second-order valence-corrected chi connectivity index (χ2v) is 7.73. The third-order valence-corrected chi connectivity index (χ3v) is 5.43. The van der Waals surface area contributed by atoms with Gasteiger partial charge in [0.25, 0.3) is 0 Å². The van der Waals surface area contributed by atoms with E-state index in [1.54, 1.807) is 0 Å². The quantitative estimate of drug-likeness (QED) is 0.379. The molecule has 0 aliphatic carbocycles. The molecule has 0 spiro atoms. The predicted octanol–water partition coefficient (Wildman–Crippen LogP) is 5.89. The van der Waals surface area contributed by atoms with Crippen LogP contribution in [0.1, 0.15) is 33.1 Å². The summed E-state index contributed by atoms with van der Waals surface area (Å²) in [6.45, 7) is 2.74. The molecular weight excluding hydrogens is 380 g/mol. The first-order chi connectivity index (χ1) is 14.1. The van der Waals surface area contributed by atoms with Crippen LogP contribution in [0.15, 0.2) is 79.0 Å². The summed E-state index contributed by atoms with van der Waals surface area (Å²) in [5.74, 6) is 0.0717. The Balaban J connectivity index is 1.58. The lowest BCUT2D eigenvalue weighted by Gasteiger charge is -2.18. The van der Waals surface area contributed by atoms with E-state index in [2.05, 4.69) is 16.4 Å². The summed E-state index contributed by atoms with van der Waals surface area (Å²) >= 11 is 5.97. The fourth-order valence-corrected chi connectivity index (χ4v) is 3.74. The van der Waals surface area contributed by atoms with Crippen LogP contribution in [0, 0.1) is 6.92 Å². The highest BCUT2D eigenvalue weighted by Crippen LogP contribution is 2.25. The van der Waals surface area contributed by atoms with Crippen LogP contribution >= 0.6 is 11.6 Å². The fourth-order valence-electron chi connectivity index (χ4n) is 3.62. The average Bonchev–Trinajstić information content (AvgIpc) is 3.16. The number of hydrogen-bond acceptors (Lipinski definition) is 2. The van der Waals surface area contributed by atoms with Gasteiger partial charge < -0.3 is 10.3 Å². The topological polar surface area (TPSA) is 44.9 Å². The van der Waals surface area contributed by atoms with E-state index in [1.165, 1.54) is 11.1 Å². The summed E-state index contributed by atoms with van der Waals surface area (Å²) in [5, 5.41) is 5.16. The van der Waals surface area contributed by atoms with Crippen LogP contribution in [0.25, 0.3) is 10.9 Å². The van der Waals surface area contributed by atoms with E-state index in [0.29, 0.717) is 12.1 Å². The lowest BCUT2D eigenvalue weighted by atomic mass is 9.96. The van der Waals surface area contributed by atoms with Gasteiger partial charge in [0.2, 0.25) is 0 Å². The number of carbonyl (C=O) groups is 1. The van der Waals surface area contributed by atoms with Gasteiger partial charge in [0.1, 0.15) is 0 Å². The molecule has 0 aliphatic rings. The molecule has 0 bridgehead atoms. The van der Waals surface area contributed by atoms with Crippen molar-refractivity contribution in [2.45, 2.75) is 19.4 Å². The molecular formula is C25H23ClN2O. The average molecular weight is 403 g/mol. The van der Waals surface area contributed by atoms with Gasteiger partial charge in [0, 0.05) is 34.2 Å². The van der Waals surface area contributed by atoms with Gasteiger partial charge in [-0.05, 0) is 48.2 Å². The molecule has 1 atom stereocenters. The molecule has 0 radical (unpaired) electrons. The molecule has 4 aromatic rings. The fraction of sp³-hybridized carbons (Fsp3) is 0.160. The van der Waals surface area contributed by atoms with Crippen molar-refractivity contribution in [2.75, 3.05) is 6.54 Å². The zero-order valence-corrected chi connectivity index (χ0v) is 17.0. The lowest BCUT2D eigenvalue weighted by molar-refractivity contribution is 0.0945. The molecule has 0 amide bonds. The molecule has 0 saturated heterocycles. The number of halogens is 1. The molecule has 29 heavy (non-hydrogen) atoms. The van der Waals surface area contributed by atoms with Gasteiger partial charge in [-0.15, -0.1) is 0 Å². The Hall–Kier alpha value is -2.88. The molecule has 146 valence electrons. The van der Waals surface area contributed by atoms with Crippen LogP contribution < -0.4 is 5.32 Å². The van der Waals surface area contributed by atoms with Gasteiger partial charge >= 0.3 is 0 Å². The standard InChI is InChI=1S/C25H23ClN2O/c1-17-7-12-21-22(16-28-23(21)15-17)25(29)24(19-5-3-2-4-6-19)27-14-13-18-8-10-20(26)11-9-18/h2-12,15-16,24,27-28H,13-14H2,1H3. The van der Waals surface area contributed by atoms with Crippen molar-refractivity contribution < 1.29 is 4.79 Å². The summed E-state index contributed by atoms with van der Waals surface area (Å²) < 4.78 is 0. The van der Waals surface area contributed by atoms with Gasteiger partial charge in [0.15, 0.2) is 5.78 Å². The minimum absolute atomic E-state index is 0.0717. The normalized spacial score (nSPS) is 12.2. The molecule has 0 saturated carbocycles. The van der Waals surface area contributed by atoms with Gasteiger partial charge in [-0.1, -0.05) is 66.2 Å². The van der Waals surface area contributed by atoms with E-state index in [0.717, 1.165) is 27.9 Å². The van der Waals surface area contributed by atoms with Crippen molar-refractivity contribution in [2.24, 2.45) is 0 Å². The summed E-state index contributed by atoms with van der Waals surface area (Å²) in [6.07, 6.45) is 2.64. The number of aryl methyl sites for hydroxylation is 1. The van der Waals surface area contributed by atoms with Crippen molar-refractivity contribution in [1.82, 2.24) is 10.3 Å². The van der Waals surface area contributed by atoms with E-state index in [4.69, 9.17) is 11.6 Å². The molecule has 3 nitrogen and oxygen atoms in total. The Bertz CT molecular complexity index is 1120. The number of ketones is 1. The van der Waals surface area contributed by atoms with Crippen molar-refractivity contribution in [1.29, 1.82) is 0 Å². The second-order valence-electron chi connectivity index (χ2n) is 7.29. The van der Waals surface area contributed by atoms with Crippen LogP contribution in [0.4, 0.5) is 0 Å². The van der Waals surface area contributed by atoms with Crippen molar-refractivity contribution >= 4 is 28.3 Å². The molecule has 0 fully saturated rings. The molecule has 1 heterocycles. The minimum Gasteiger partial charge on any atom is -0.360 e. The van der Waals surface area contributed by atoms with Crippen molar-refractivity contribution in [3.05, 3.63) is 106 Å². The number of fused-ring (bicyclic) bond motifs is 1. The van der Waals surface area contributed by atoms with Crippen LogP contribution in [0.2, 0.25) is 5.02 Å². The lowest BCUT2D eigenvalue weighted by Crippen LogP contribution is -2.30. The van der Waals surface area contributed by atoms with E-state index in [9.17, 15) is 4.79 Å². The SMILES string of the molecule is Cc1ccc2c(C(=O)C(NCCc3ccc(Cl)cc3)c3ccccc3)c[nH]c2c1. The largest absolute Gasteiger partial charge is 0.360 e. The molecule has 4 rings (SSSR count). The van der Waals surface area contributed by atoms with Gasteiger partial charge in [-0.2, -0.15) is 0 Å². The number of rotatable bonds is 7. The number of Topliss-reactive ketones (excluding diaryl/α,β-unsaturated/α-hetero) is 1. The highest BCUT2D eigenvalue weighted by Gasteiger charge is 2.23. The molecule has 1 unspecified atom stereocenters. The summed E-state index contributed by atoms with van der Waals surface area (Å²) in [5.41, 5.74) is 5.02. The van der Waals surface area contributed by atoms with Crippen LogP contribution in [-0.4, -0.2) is 17.3 Å². The van der Waals surface area contributed by atoms with Gasteiger partial charge in [-0.25, -0.2) is 0 Å². The number of aromatic amines is 1. The third-order valence-electron chi connectivity index (χ3n) is 5.17. The first kappa shape index (κ1) is 19.4. The summed E-state index contributed by atoms with van der Waals surface area (Å²) in [6, 6.07) is 23.4. The molecule has 0 aliphatic heterocycles. The highest BCUT2D eigenvalue weighted by atomic mass is 35.5. The van der Waals surface area contributed by atoms with E-state index in [-0.39, 0.29) is 5.78 Å². The maximum absolute atomic E-state index is 13.5. The first-order valence-electron chi connectivity index (χ1n) is 9.76. The second kappa shape index (κ2) is 8.64. The molecule has 3 aromatic carbocycles. The molecule has 4 heteroatoms. The minimum atomic E-state index is -0.399. The number of aromatic nitrogens is 1. The Morgan fingerprint density at radius 1 is 1.03 bits per heavy atom. The highest BCUT2D eigenvalue weighted by molar-refractivity contribution is 6.30. The zero-order chi connectivity index (χ0) is 20.2. The molecule has 1 aromatic heterocycles. The number of benzene rings is 3. The maximum atomic E-state index is 13.5. The Morgan fingerprint density at radius 3 is 2.55 bits per heavy atom. The maximum Gasteiger partial charge on any atom is 0.186 e. The number of carbonyl (C=O) groups excluding carboxylic acids is 1. The monoisotopic (exact) mass is 402 g/mol. The summed E-state index contributed by atoms with van der Waals surface area (Å²) in [7, 11) is 0. The van der Waals surface area contributed by atoms with E-state index in [1.807, 2.05) is 79.9 Å².